The van der Waals surface area contributed by atoms with Crippen LogP contribution in [0.15, 0.2) is 70.2 Å². The fourth-order valence-corrected chi connectivity index (χ4v) is 3.49. The van der Waals surface area contributed by atoms with Crippen molar-refractivity contribution in [2.24, 2.45) is 5.14 Å². The van der Waals surface area contributed by atoms with Crippen LogP contribution in [0.2, 0.25) is 0 Å². The summed E-state index contributed by atoms with van der Waals surface area (Å²) in [6.07, 6.45) is 0.555. The summed E-state index contributed by atoms with van der Waals surface area (Å²) in [5, 5.41) is 31.4. The molecule has 0 aliphatic carbocycles. The van der Waals surface area contributed by atoms with Gasteiger partial charge in [-0.2, -0.15) is 4.98 Å². The van der Waals surface area contributed by atoms with E-state index in [0.29, 0.717) is 21.5 Å². The zero-order valence-corrected chi connectivity index (χ0v) is 18.0. The number of nitrogens with one attached hydrogen (secondary N) is 2. The summed E-state index contributed by atoms with van der Waals surface area (Å²) >= 11 is 3.35. The van der Waals surface area contributed by atoms with E-state index in [2.05, 4.69) is 36.5 Å². The lowest BCUT2D eigenvalue weighted by Crippen LogP contribution is -2.31. The van der Waals surface area contributed by atoms with Crippen molar-refractivity contribution in [3.63, 3.8) is 0 Å². The molecule has 0 aliphatic rings. The number of benzene rings is 2. The smallest absolute Gasteiger partial charge is 0.238 e. The Labute approximate surface area is 182 Å². The summed E-state index contributed by atoms with van der Waals surface area (Å²) in [6, 6.07) is 14.1. The van der Waals surface area contributed by atoms with Gasteiger partial charge in [-0.15, -0.1) is 0 Å². The normalized spacial score (nSPS) is 13.5. The highest BCUT2D eigenvalue weighted by Gasteiger charge is 2.21. The Kier molecular flexibility index (Phi) is 7.00. The number of hydrogen-bond acceptors (Lipinski definition) is 8. The van der Waals surface area contributed by atoms with E-state index in [1.165, 1.54) is 30.5 Å². The van der Waals surface area contributed by atoms with Crippen LogP contribution in [-0.4, -0.2) is 41.2 Å². The molecular weight excluding hydrogens is 474 g/mol. The van der Waals surface area contributed by atoms with Gasteiger partial charge in [-0.05, 0) is 45.8 Å². The molecule has 6 N–H and O–H groups in total. The number of rotatable bonds is 8. The van der Waals surface area contributed by atoms with Gasteiger partial charge in [0.15, 0.2) is 0 Å². The first-order chi connectivity index (χ1) is 14.3. The van der Waals surface area contributed by atoms with Gasteiger partial charge in [0.05, 0.1) is 22.0 Å². The van der Waals surface area contributed by atoms with Gasteiger partial charge >= 0.3 is 0 Å². The average molecular weight is 494 g/mol. The lowest BCUT2D eigenvalue weighted by atomic mass is 10.0. The molecule has 0 spiro atoms. The molecule has 0 saturated heterocycles. The highest BCUT2D eigenvalue weighted by molar-refractivity contribution is 9.10. The molecule has 158 valence electrons. The summed E-state index contributed by atoms with van der Waals surface area (Å²) in [5.74, 6) is 0.595. The molecule has 0 unspecified atom stereocenters. The molecule has 0 aliphatic heterocycles. The third-order valence-corrected chi connectivity index (χ3v) is 5.73. The van der Waals surface area contributed by atoms with Gasteiger partial charge in [0.1, 0.15) is 11.9 Å². The molecule has 9 nitrogen and oxygen atoms in total. The molecule has 3 rings (SSSR count). The van der Waals surface area contributed by atoms with Gasteiger partial charge in [0, 0.05) is 11.9 Å². The zero-order valence-electron chi connectivity index (χ0n) is 15.6. The molecule has 0 radical (unpaired) electrons. The molecule has 1 aromatic heterocycles. The average Bonchev–Trinajstić information content (AvgIpc) is 2.74. The number of halogens is 1. The monoisotopic (exact) mass is 493 g/mol. The molecule has 2 atom stereocenters. The molecule has 3 aromatic rings. The summed E-state index contributed by atoms with van der Waals surface area (Å²) in [6.45, 7) is -0.329. The first-order valence-electron chi connectivity index (χ1n) is 8.81. The van der Waals surface area contributed by atoms with Crippen molar-refractivity contribution in [2.75, 3.05) is 17.2 Å². The van der Waals surface area contributed by atoms with Crippen LogP contribution in [0.5, 0.6) is 0 Å². The Bertz CT molecular complexity index is 1100. The van der Waals surface area contributed by atoms with Crippen molar-refractivity contribution in [3.05, 3.63) is 70.8 Å². The van der Waals surface area contributed by atoms with Gasteiger partial charge in [0.2, 0.25) is 16.0 Å². The highest BCUT2D eigenvalue weighted by Crippen LogP contribution is 2.26. The van der Waals surface area contributed by atoms with Crippen LogP contribution in [-0.2, 0) is 10.0 Å². The lowest BCUT2D eigenvalue weighted by molar-refractivity contribution is 0.118. The van der Waals surface area contributed by atoms with E-state index >= 15 is 0 Å². The number of primary sulfonamides is 1. The van der Waals surface area contributed by atoms with Crippen molar-refractivity contribution in [1.82, 2.24) is 9.97 Å². The first-order valence-corrected chi connectivity index (χ1v) is 11.1. The van der Waals surface area contributed by atoms with Gasteiger partial charge in [-0.25, -0.2) is 18.5 Å². The SMILES string of the molecule is NS(=O)(=O)c1ccc(Nc2ncc(Br)c(N[C@@H](CO)[C@H](O)c3ccccc3)n2)cc1. The number of sulfonamides is 1. The number of hydrogen-bond donors (Lipinski definition) is 5. The lowest BCUT2D eigenvalue weighted by Gasteiger charge is -2.23. The first kappa shape index (κ1) is 22.1. The van der Waals surface area contributed by atoms with Crippen LogP contribution in [0, 0.1) is 0 Å². The van der Waals surface area contributed by atoms with Crippen molar-refractivity contribution in [2.45, 2.75) is 17.0 Å². The maximum Gasteiger partial charge on any atom is 0.238 e. The van der Waals surface area contributed by atoms with Gasteiger partial charge in [0.25, 0.3) is 0 Å². The van der Waals surface area contributed by atoms with Crippen LogP contribution in [0.4, 0.5) is 17.5 Å². The predicted molar refractivity (Wildman–Crippen MR) is 117 cm³/mol. The maximum atomic E-state index is 11.4. The van der Waals surface area contributed by atoms with E-state index in [0.717, 1.165) is 0 Å². The Balaban J connectivity index is 1.77. The van der Waals surface area contributed by atoms with Crippen LogP contribution in [0.3, 0.4) is 0 Å². The molecule has 30 heavy (non-hydrogen) atoms. The van der Waals surface area contributed by atoms with E-state index in [4.69, 9.17) is 5.14 Å². The van der Waals surface area contributed by atoms with Crippen LogP contribution < -0.4 is 15.8 Å². The molecular formula is C19H20BrN5O4S. The summed E-state index contributed by atoms with van der Waals surface area (Å²) < 4.78 is 23.2. The molecule has 11 heteroatoms. The van der Waals surface area contributed by atoms with Crippen molar-refractivity contribution >= 4 is 43.4 Å². The quantitative estimate of drug-likeness (QED) is 0.320. The number of aliphatic hydroxyl groups excluding tert-OH is 2. The summed E-state index contributed by atoms with van der Waals surface area (Å²) in [7, 11) is -3.77. The number of aromatic nitrogens is 2. The van der Waals surface area contributed by atoms with E-state index in [9.17, 15) is 18.6 Å². The Morgan fingerprint density at radius 1 is 1.10 bits per heavy atom. The number of anilines is 3. The minimum atomic E-state index is -3.77. The van der Waals surface area contributed by atoms with E-state index < -0.39 is 22.2 Å². The third-order valence-electron chi connectivity index (χ3n) is 4.22. The third kappa shape index (κ3) is 5.52. The second-order valence-corrected chi connectivity index (χ2v) is 8.79. The van der Waals surface area contributed by atoms with E-state index in [-0.39, 0.29) is 17.5 Å². The van der Waals surface area contributed by atoms with Crippen molar-refractivity contribution in [1.29, 1.82) is 0 Å². The Hall–Kier alpha value is -2.57. The van der Waals surface area contributed by atoms with Crippen LogP contribution >= 0.6 is 15.9 Å². The van der Waals surface area contributed by atoms with Crippen molar-refractivity contribution in [3.8, 4) is 0 Å². The minimum absolute atomic E-state index is 0.00665. The highest BCUT2D eigenvalue weighted by atomic mass is 79.9. The number of nitrogens with zero attached hydrogens (tertiary/aromatic N) is 2. The van der Waals surface area contributed by atoms with E-state index in [1.54, 1.807) is 24.3 Å². The van der Waals surface area contributed by atoms with Gasteiger partial charge < -0.3 is 20.8 Å². The number of nitrogens with two attached hydrogens (primary N) is 1. The van der Waals surface area contributed by atoms with Crippen LogP contribution in [0.1, 0.15) is 11.7 Å². The fourth-order valence-electron chi connectivity index (χ4n) is 2.67. The number of aliphatic hydroxyl groups is 2. The fraction of sp³-hybridized carbons (Fsp3) is 0.158. The van der Waals surface area contributed by atoms with E-state index in [1.807, 2.05) is 6.07 Å². The second kappa shape index (κ2) is 9.49. The van der Waals surface area contributed by atoms with Crippen LogP contribution in [0.25, 0.3) is 0 Å². The molecule has 0 fully saturated rings. The predicted octanol–water partition coefficient (Wildman–Crippen LogP) is 2.14. The Morgan fingerprint density at radius 2 is 1.77 bits per heavy atom. The van der Waals surface area contributed by atoms with Gasteiger partial charge in [-0.1, -0.05) is 30.3 Å². The summed E-state index contributed by atoms with van der Waals surface area (Å²) in [4.78, 5) is 8.52. The topological polar surface area (TPSA) is 150 Å². The Morgan fingerprint density at radius 3 is 2.37 bits per heavy atom. The minimum Gasteiger partial charge on any atom is -0.394 e. The molecule has 0 bridgehead atoms. The second-order valence-electron chi connectivity index (χ2n) is 6.37. The van der Waals surface area contributed by atoms with Gasteiger partial charge in [-0.3, -0.25) is 0 Å². The molecule has 0 saturated carbocycles. The molecule has 2 aromatic carbocycles. The maximum absolute atomic E-state index is 11.4. The zero-order chi connectivity index (χ0) is 21.7. The van der Waals surface area contributed by atoms with Crippen molar-refractivity contribution < 1.29 is 18.6 Å². The molecule has 0 amide bonds. The molecule has 1 heterocycles. The standard InChI is InChI=1S/C19H20BrN5O4S/c20-15-10-22-19(23-13-6-8-14(9-7-13)30(21,28)29)25-18(15)24-16(11-26)17(27)12-4-2-1-3-5-12/h1-10,16-17,26-27H,11H2,(H2,21,28,29)(H2,22,23,24,25)/t16-,17+/m0/s1. The summed E-state index contributed by atoms with van der Waals surface area (Å²) in [5.41, 5.74) is 1.21. The largest absolute Gasteiger partial charge is 0.394 e.